The highest BCUT2D eigenvalue weighted by Gasteiger charge is 2.17. The third kappa shape index (κ3) is 8.21. The van der Waals surface area contributed by atoms with E-state index in [1.807, 2.05) is 30.0 Å². The molecule has 2 aromatic heterocycles. The van der Waals surface area contributed by atoms with E-state index in [1.54, 1.807) is 17.5 Å². The van der Waals surface area contributed by atoms with Crippen molar-refractivity contribution < 1.29 is 9.47 Å². The number of nitrogens with one attached hydrogen (secondary N) is 2. The molecule has 10 heteroatoms. The molecule has 0 spiro atoms. The minimum Gasteiger partial charge on any atom is -0.454 e. The van der Waals surface area contributed by atoms with Crippen LogP contribution < -0.4 is 20.3 Å². The van der Waals surface area contributed by atoms with Gasteiger partial charge in [-0.1, -0.05) is 26.0 Å². The SMILES string of the molecule is CCN(CC)CCCc1nc(CSCCCNc2ncc(CCc3cccc4c3OCO4)c(=O)[nH]2)cs1. The lowest BCUT2D eigenvalue weighted by atomic mass is 10.1. The van der Waals surface area contributed by atoms with Gasteiger partial charge in [0.05, 0.1) is 10.7 Å². The van der Waals surface area contributed by atoms with Crippen LogP contribution in [0, 0.1) is 0 Å². The fourth-order valence-electron chi connectivity index (χ4n) is 4.23. The monoisotopic (exact) mass is 543 g/mol. The van der Waals surface area contributed by atoms with Crippen LogP contribution in [0.1, 0.15) is 48.5 Å². The van der Waals surface area contributed by atoms with Crippen molar-refractivity contribution in [2.75, 3.05) is 44.0 Å². The van der Waals surface area contributed by atoms with Crippen LogP contribution in [-0.2, 0) is 25.0 Å². The lowest BCUT2D eigenvalue weighted by Crippen LogP contribution is -2.24. The summed E-state index contributed by atoms with van der Waals surface area (Å²) in [6.07, 6.45) is 6.17. The maximum Gasteiger partial charge on any atom is 0.255 e. The van der Waals surface area contributed by atoms with Crippen LogP contribution in [0.3, 0.4) is 0 Å². The molecule has 37 heavy (non-hydrogen) atoms. The summed E-state index contributed by atoms with van der Waals surface area (Å²) >= 11 is 3.68. The van der Waals surface area contributed by atoms with E-state index in [2.05, 4.69) is 39.4 Å². The van der Waals surface area contributed by atoms with E-state index < -0.39 is 0 Å². The van der Waals surface area contributed by atoms with Crippen molar-refractivity contribution >= 4 is 29.0 Å². The molecule has 0 radical (unpaired) electrons. The van der Waals surface area contributed by atoms with Gasteiger partial charge in [-0.25, -0.2) is 9.97 Å². The normalized spacial score (nSPS) is 12.4. The van der Waals surface area contributed by atoms with E-state index in [-0.39, 0.29) is 12.4 Å². The van der Waals surface area contributed by atoms with Gasteiger partial charge in [0.2, 0.25) is 12.7 Å². The maximum absolute atomic E-state index is 12.5. The molecule has 0 unspecified atom stereocenters. The Kier molecular flexibility index (Phi) is 10.7. The number of aromatic nitrogens is 3. The van der Waals surface area contributed by atoms with Gasteiger partial charge < -0.3 is 19.7 Å². The lowest BCUT2D eigenvalue weighted by molar-refractivity contribution is 0.173. The van der Waals surface area contributed by atoms with Crippen LogP contribution in [0.4, 0.5) is 5.95 Å². The van der Waals surface area contributed by atoms with Gasteiger partial charge in [0.1, 0.15) is 0 Å². The number of anilines is 1. The van der Waals surface area contributed by atoms with E-state index in [0.29, 0.717) is 24.4 Å². The number of fused-ring (bicyclic) bond motifs is 1. The fourth-order valence-corrected chi connectivity index (χ4v) is 6.02. The third-order valence-corrected chi connectivity index (χ3v) is 8.42. The number of thiazole rings is 1. The van der Waals surface area contributed by atoms with Crippen molar-refractivity contribution in [1.29, 1.82) is 0 Å². The Bertz CT molecular complexity index is 1180. The average Bonchev–Trinajstić information content (AvgIpc) is 3.58. The molecule has 0 atom stereocenters. The molecule has 0 fully saturated rings. The fraction of sp³-hybridized carbons (Fsp3) is 0.519. The topological polar surface area (TPSA) is 92.4 Å². The Balaban J connectivity index is 1.11. The van der Waals surface area contributed by atoms with E-state index in [0.717, 1.165) is 67.6 Å². The van der Waals surface area contributed by atoms with Gasteiger partial charge in [-0.3, -0.25) is 9.78 Å². The number of hydrogen-bond acceptors (Lipinski definition) is 9. The Morgan fingerprint density at radius 2 is 2.00 bits per heavy atom. The summed E-state index contributed by atoms with van der Waals surface area (Å²) in [4.78, 5) is 27.0. The van der Waals surface area contributed by atoms with Crippen LogP contribution in [0.5, 0.6) is 11.5 Å². The molecule has 3 heterocycles. The smallest absolute Gasteiger partial charge is 0.255 e. The third-order valence-electron chi connectivity index (χ3n) is 6.38. The second kappa shape index (κ2) is 14.4. The predicted octanol–water partition coefficient (Wildman–Crippen LogP) is 4.75. The van der Waals surface area contributed by atoms with E-state index >= 15 is 0 Å². The summed E-state index contributed by atoms with van der Waals surface area (Å²) in [5, 5.41) is 6.67. The standard InChI is InChI=1S/C27H37N5O3S2/c1-3-32(4-2)14-6-10-24-30-22(18-37-24)17-36-15-7-13-28-27-29-16-21(26(33)31-27)12-11-20-8-5-9-23-25(20)35-19-34-23/h5,8-9,16,18H,3-4,6-7,10-15,17,19H2,1-2H3,(H2,28,29,31,33). The molecule has 0 saturated heterocycles. The van der Waals surface area contributed by atoms with Gasteiger partial charge in [0.15, 0.2) is 11.5 Å². The van der Waals surface area contributed by atoms with Gasteiger partial charge in [0, 0.05) is 35.9 Å². The lowest BCUT2D eigenvalue weighted by Gasteiger charge is -2.16. The molecule has 0 bridgehead atoms. The Morgan fingerprint density at radius 1 is 1.14 bits per heavy atom. The van der Waals surface area contributed by atoms with Crippen LogP contribution in [0.25, 0.3) is 0 Å². The van der Waals surface area contributed by atoms with E-state index in [4.69, 9.17) is 14.5 Å². The van der Waals surface area contributed by atoms with E-state index in [1.165, 1.54) is 17.1 Å². The second-order valence-electron chi connectivity index (χ2n) is 8.93. The van der Waals surface area contributed by atoms with Crippen molar-refractivity contribution in [3.05, 3.63) is 62.0 Å². The van der Waals surface area contributed by atoms with Crippen molar-refractivity contribution in [1.82, 2.24) is 19.9 Å². The Labute approximate surface area is 227 Å². The van der Waals surface area contributed by atoms with Crippen molar-refractivity contribution in [2.45, 2.75) is 51.7 Å². The van der Waals surface area contributed by atoms with Crippen LogP contribution in [-0.4, -0.2) is 58.6 Å². The van der Waals surface area contributed by atoms with Gasteiger partial charge in [-0.15, -0.1) is 11.3 Å². The zero-order valence-electron chi connectivity index (χ0n) is 21.8. The molecular formula is C27H37N5O3S2. The summed E-state index contributed by atoms with van der Waals surface area (Å²) in [6, 6.07) is 5.84. The largest absolute Gasteiger partial charge is 0.454 e. The average molecular weight is 544 g/mol. The van der Waals surface area contributed by atoms with Crippen molar-refractivity contribution in [3.63, 3.8) is 0 Å². The Morgan fingerprint density at radius 3 is 2.84 bits per heavy atom. The van der Waals surface area contributed by atoms with Gasteiger partial charge >= 0.3 is 0 Å². The highest BCUT2D eigenvalue weighted by molar-refractivity contribution is 7.98. The Hall–Kier alpha value is -2.56. The highest BCUT2D eigenvalue weighted by atomic mass is 32.2. The first-order valence-electron chi connectivity index (χ1n) is 13.1. The molecular weight excluding hydrogens is 506 g/mol. The van der Waals surface area contributed by atoms with Crippen LogP contribution >= 0.6 is 23.1 Å². The number of thioether (sulfide) groups is 1. The first-order chi connectivity index (χ1) is 18.2. The molecule has 4 rings (SSSR count). The molecule has 0 saturated carbocycles. The minimum atomic E-state index is -0.104. The molecule has 8 nitrogen and oxygen atoms in total. The first kappa shape index (κ1) is 27.5. The number of rotatable bonds is 16. The molecule has 3 aromatic rings. The number of hydrogen-bond donors (Lipinski definition) is 2. The quantitative estimate of drug-likeness (QED) is 0.250. The number of benzene rings is 1. The van der Waals surface area contributed by atoms with Gasteiger partial charge in [-0.2, -0.15) is 11.8 Å². The maximum atomic E-state index is 12.5. The molecule has 2 N–H and O–H groups in total. The number of aromatic amines is 1. The van der Waals surface area contributed by atoms with Crippen LogP contribution in [0.15, 0.2) is 34.6 Å². The summed E-state index contributed by atoms with van der Waals surface area (Å²) in [6.45, 7) is 8.82. The van der Waals surface area contributed by atoms with Crippen molar-refractivity contribution in [3.8, 4) is 11.5 Å². The number of ether oxygens (including phenoxy) is 2. The number of para-hydroxylation sites is 1. The first-order valence-corrected chi connectivity index (χ1v) is 15.1. The zero-order valence-corrected chi connectivity index (χ0v) is 23.4. The summed E-state index contributed by atoms with van der Waals surface area (Å²) in [5.74, 6) is 4.03. The molecule has 0 amide bonds. The van der Waals surface area contributed by atoms with Crippen molar-refractivity contribution in [2.24, 2.45) is 0 Å². The summed E-state index contributed by atoms with van der Waals surface area (Å²) < 4.78 is 11.0. The van der Waals surface area contributed by atoms with Gasteiger partial charge in [-0.05, 0) is 62.7 Å². The molecule has 1 aromatic carbocycles. The second-order valence-corrected chi connectivity index (χ2v) is 11.0. The predicted molar refractivity (Wildman–Crippen MR) is 152 cm³/mol. The number of H-pyrrole nitrogens is 1. The molecule has 200 valence electrons. The van der Waals surface area contributed by atoms with Gasteiger partial charge in [0.25, 0.3) is 5.56 Å². The summed E-state index contributed by atoms with van der Waals surface area (Å²) in [7, 11) is 0. The number of nitrogens with zero attached hydrogens (tertiary/aromatic N) is 3. The zero-order chi connectivity index (χ0) is 25.9. The minimum absolute atomic E-state index is 0.104. The number of aryl methyl sites for hydroxylation is 3. The highest BCUT2D eigenvalue weighted by Crippen LogP contribution is 2.35. The van der Waals surface area contributed by atoms with E-state index in [9.17, 15) is 4.79 Å². The molecule has 1 aliphatic rings. The van der Waals surface area contributed by atoms with Crippen LogP contribution in [0.2, 0.25) is 0 Å². The molecule has 0 aliphatic carbocycles. The summed E-state index contributed by atoms with van der Waals surface area (Å²) in [5.41, 5.74) is 2.78. The molecule has 1 aliphatic heterocycles.